The van der Waals surface area contributed by atoms with Crippen molar-refractivity contribution in [1.82, 2.24) is 0 Å². The third-order valence-electron chi connectivity index (χ3n) is 6.88. The van der Waals surface area contributed by atoms with Crippen LogP contribution in [0.4, 0.5) is 22.7 Å². The van der Waals surface area contributed by atoms with Gasteiger partial charge in [0, 0.05) is 73.3 Å². The van der Waals surface area contributed by atoms with Crippen LogP contribution in [-0.2, 0) is 26.2 Å². The number of aliphatic imine (C=N–C) groups is 4. The first-order valence-electron chi connectivity index (χ1n) is 14.9. The summed E-state index contributed by atoms with van der Waals surface area (Å²) in [7, 11) is 0. The molecule has 0 saturated carbocycles. The van der Waals surface area contributed by atoms with Gasteiger partial charge >= 0.3 is 0 Å². The molecule has 6 aromatic rings. The normalized spacial score (nSPS) is 11.1. The van der Waals surface area contributed by atoms with Crippen LogP contribution >= 0.6 is 0 Å². The van der Waals surface area contributed by atoms with Crippen molar-refractivity contribution < 1.29 is 46.6 Å². The van der Waals surface area contributed by atoms with E-state index in [9.17, 15) is 20.4 Å². The summed E-state index contributed by atoms with van der Waals surface area (Å²) >= 11 is 0. The minimum Gasteiger partial charge on any atom is -0.507 e. The van der Waals surface area contributed by atoms with Gasteiger partial charge in [-0.2, -0.15) is 0 Å². The van der Waals surface area contributed by atoms with Gasteiger partial charge in [-0.15, -0.1) is 0 Å². The van der Waals surface area contributed by atoms with E-state index in [2.05, 4.69) is 20.0 Å². The van der Waals surface area contributed by atoms with Crippen LogP contribution in [0, 0.1) is 0 Å². The van der Waals surface area contributed by atoms with Crippen molar-refractivity contribution in [2.45, 2.75) is 0 Å². The summed E-state index contributed by atoms with van der Waals surface area (Å²) in [5, 5.41) is 39.2. The molecule has 0 amide bonds. The van der Waals surface area contributed by atoms with Crippen molar-refractivity contribution in [2.75, 3.05) is 0 Å². The summed E-state index contributed by atoms with van der Waals surface area (Å²) < 4.78 is 0. The molecule has 0 unspecified atom stereocenters. The van der Waals surface area contributed by atoms with Crippen LogP contribution in [0.1, 0.15) is 22.3 Å². The zero-order valence-electron chi connectivity index (χ0n) is 26.2. The molecule has 0 radical (unpaired) electrons. The molecule has 6 aromatic carbocycles. The van der Waals surface area contributed by atoms with Crippen molar-refractivity contribution in [3.63, 3.8) is 0 Å². The van der Waals surface area contributed by atoms with E-state index < -0.39 is 0 Å². The van der Waals surface area contributed by atoms with E-state index in [1.807, 2.05) is 72.8 Å². The Morgan fingerprint density at radius 1 is 0.286 bits per heavy atom. The predicted octanol–water partition coefficient (Wildman–Crippen LogP) is 9.20. The molecule has 0 atom stereocenters. The van der Waals surface area contributed by atoms with Crippen molar-refractivity contribution >= 4 is 47.6 Å². The number of hydrogen-bond donors (Lipinski definition) is 4. The molecule has 49 heavy (non-hydrogen) atoms. The maximum atomic E-state index is 9.79. The van der Waals surface area contributed by atoms with Gasteiger partial charge in [0.1, 0.15) is 23.0 Å². The monoisotopic (exact) mass is 722 g/mol. The Labute approximate surface area is 303 Å². The molecule has 0 fully saturated rings. The Hall–Kier alpha value is -5.92. The van der Waals surface area contributed by atoms with Crippen molar-refractivity contribution in [3.8, 4) is 23.0 Å². The van der Waals surface area contributed by atoms with Crippen molar-refractivity contribution in [1.29, 1.82) is 0 Å². The molecule has 0 spiro atoms. The first-order chi connectivity index (χ1) is 23.5. The molecule has 0 heterocycles. The van der Waals surface area contributed by atoms with Gasteiger partial charge in [0.15, 0.2) is 0 Å². The van der Waals surface area contributed by atoms with Gasteiger partial charge in [0.25, 0.3) is 0 Å². The molecular formula is C40H32N4O4Zr. The Bertz CT molecular complexity index is 1810. The molecule has 0 aliphatic carbocycles. The van der Waals surface area contributed by atoms with E-state index in [4.69, 9.17) is 0 Å². The van der Waals surface area contributed by atoms with Gasteiger partial charge in [-0.25, -0.2) is 0 Å². The van der Waals surface area contributed by atoms with Gasteiger partial charge in [-0.05, 0) is 72.8 Å². The van der Waals surface area contributed by atoms with Crippen LogP contribution in [0.15, 0.2) is 166 Å². The fourth-order valence-electron chi connectivity index (χ4n) is 4.31. The number of nitrogens with zero attached hydrogens (tertiary/aromatic N) is 4. The molecule has 4 N–H and O–H groups in total. The van der Waals surface area contributed by atoms with E-state index >= 15 is 0 Å². The molecule has 0 bridgehead atoms. The summed E-state index contributed by atoms with van der Waals surface area (Å²) in [6, 6.07) is 42.8. The minimum atomic E-state index is 0. The second-order valence-electron chi connectivity index (χ2n) is 10.2. The zero-order valence-corrected chi connectivity index (χ0v) is 28.7. The van der Waals surface area contributed by atoms with Crippen LogP contribution in [0.2, 0.25) is 0 Å². The summed E-state index contributed by atoms with van der Waals surface area (Å²) in [5.41, 5.74) is 5.24. The summed E-state index contributed by atoms with van der Waals surface area (Å²) in [6.07, 6.45) is 6.40. The number of aromatic hydroxyl groups is 4. The molecular weight excluding hydrogens is 692 g/mol. The summed E-state index contributed by atoms with van der Waals surface area (Å²) in [5.74, 6) is 0.709. The quantitative estimate of drug-likeness (QED) is 0.117. The van der Waals surface area contributed by atoms with Crippen LogP contribution in [0.25, 0.3) is 0 Å². The van der Waals surface area contributed by atoms with Gasteiger partial charge in [0.2, 0.25) is 0 Å². The Balaban J connectivity index is 0.000000216. The van der Waals surface area contributed by atoms with E-state index in [-0.39, 0.29) is 49.2 Å². The fraction of sp³-hybridized carbons (Fsp3) is 0. The van der Waals surface area contributed by atoms with E-state index in [0.29, 0.717) is 45.0 Å². The Kier molecular flexibility index (Phi) is 13.5. The molecule has 0 aromatic heterocycles. The number of rotatable bonds is 8. The first-order valence-corrected chi connectivity index (χ1v) is 14.9. The standard InChI is InChI=1S/2C20H16N2O2.Zr/c2*23-19-11-5-1-7-15(19)13-21-17-9-3-4-10-18(17)22-14-16-8-2-6-12-20(16)24;/h2*1-14,23-24H;. The maximum absolute atomic E-state index is 9.79. The molecule has 0 aliphatic rings. The Morgan fingerprint density at radius 3 is 0.673 bits per heavy atom. The number of phenols is 4. The largest absolute Gasteiger partial charge is 0.507 e. The maximum Gasteiger partial charge on any atom is 0.124 e. The topological polar surface area (TPSA) is 130 Å². The third kappa shape index (κ3) is 10.5. The Morgan fingerprint density at radius 2 is 0.469 bits per heavy atom. The third-order valence-corrected chi connectivity index (χ3v) is 6.88. The van der Waals surface area contributed by atoms with E-state index in [1.54, 1.807) is 97.7 Å². The minimum absolute atomic E-state index is 0. The van der Waals surface area contributed by atoms with Crippen molar-refractivity contribution in [3.05, 3.63) is 168 Å². The van der Waals surface area contributed by atoms with E-state index in [0.717, 1.165) is 0 Å². The fourth-order valence-corrected chi connectivity index (χ4v) is 4.31. The van der Waals surface area contributed by atoms with Crippen molar-refractivity contribution in [2.24, 2.45) is 20.0 Å². The number of hydrogen-bond acceptors (Lipinski definition) is 8. The van der Waals surface area contributed by atoms with Crippen LogP contribution in [0.5, 0.6) is 23.0 Å². The smallest absolute Gasteiger partial charge is 0.124 e. The molecule has 6 rings (SSSR count). The average molecular weight is 724 g/mol. The van der Waals surface area contributed by atoms with Gasteiger partial charge in [0.05, 0.1) is 22.7 Å². The molecule has 0 saturated heterocycles. The first kappa shape index (κ1) is 35.9. The number of benzene rings is 6. The van der Waals surface area contributed by atoms with Gasteiger partial charge < -0.3 is 20.4 Å². The second kappa shape index (κ2) is 18.4. The van der Waals surface area contributed by atoms with Crippen LogP contribution in [0.3, 0.4) is 0 Å². The number of phenolic OH excluding ortho intramolecular Hbond substituents is 4. The summed E-state index contributed by atoms with van der Waals surface area (Å²) in [4.78, 5) is 17.6. The number of para-hydroxylation sites is 8. The van der Waals surface area contributed by atoms with Gasteiger partial charge in [-0.1, -0.05) is 72.8 Å². The molecule has 240 valence electrons. The molecule has 0 aliphatic heterocycles. The summed E-state index contributed by atoms with van der Waals surface area (Å²) in [6.45, 7) is 0. The van der Waals surface area contributed by atoms with Crippen LogP contribution < -0.4 is 0 Å². The molecule has 9 heteroatoms. The van der Waals surface area contributed by atoms with E-state index in [1.165, 1.54) is 0 Å². The molecule has 8 nitrogen and oxygen atoms in total. The average Bonchev–Trinajstić information content (AvgIpc) is 3.11. The predicted molar refractivity (Wildman–Crippen MR) is 194 cm³/mol. The SMILES string of the molecule is Oc1ccccc1C=Nc1ccccc1N=Cc1ccccc1O.Oc1ccccc1C=Nc1ccccc1N=Cc1ccccc1O.[Zr]. The van der Waals surface area contributed by atoms with Crippen LogP contribution in [-0.4, -0.2) is 45.3 Å². The zero-order chi connectivity index (χ0) is 33.6. The second-order valence-corrected chi connectivity index (χ2v) is 10.2. The van der Waals surface area contributed by atoms with Gasteiger partial charge in [-0.3, -0.25) is 20.0 Å².